The molecular weight excluding hydrogens is 1040 g/mol. The molecule has 2 heteroatoms. The first kappa shape index (κ1) is 55.1. The second-order valence-corrected chi connectivity index (χ2v) is 23.1. The van der Waals surface area contributed by atoms with Gasteiger partial charge in [-0.05, 0) is 188 Å². The van der Waals surface area contributed by atoms with Gasteiger partial charge in [-0.1, -0.05) is 250 Å². The van der Waals surface area contributed by atoms with Gasteiger partial charge in [0.15, 0.2) is 5.76 Å². The van der Waals surface area contributed by atoms with Crippen LogP contribution in [-0.2, 0) is 6.42 Å². The highest BCUT2D eigenvalue weighted by Gasteiger charge is 2.27. The van der Waals surface area contributed by atoms with Gasteiger partial charge in [-0.25, -0.2) is 0 Å². The van der Waals surface area contributed by atoms with Crippen LogP contribution >= 0.6 is 0 Å². The third kappa shape index (κ3) is 10.8. The van der Waals surface area contributed by atoms with Crippen molar-refractivity contribution in [3.63, 3.8) is 0 Å². The number of nitrogens with zero attached hydrogens (tertiary/aromatic N) is 1. The smallest absolute Gasteiger partial charge is 0.159 e. The van der Waals surface area contributed by atoms with Gasteiger partial charge in [0.2, 0.25) is 0 Å². The summed E-state index contributed by atoms with van der Waals surface area (Å²) in [6.45, 7) is 18.6. The number of allylic oxidation sites excluding steroid dienone is 13. The first-order valence-corrected chi connectivity index (χ1v) is 30.3. The largest absolute Gasteiger partial charge is 0.451 e. The Bertz CT molecular complexity index is 4660. The summed E-state index contributed by atoms with van der Waals surface area (Å²) < 4.78 is 9.18. The van der Waals surface area contributed by atoms with Gasteiger partial charge in [0.25, 0.3) is 0 Å². The molecule has 9 aromatic carbocycles. The Balaban J connectivity index is 0.000000351. The molecule has 2 heterocycles. The van der Waals surface area contributed by atoms with Crippen LogP contribution in [0.25, 0.3) is 99.9 Å². The van der Waals surface area contributed by atoms with Crippen molar-refractivity contribution in [2.24, 2.45) is 5.92 Å². The summed E-state index contributed by atoms with van der Waals surface area (Å²) in [5, 5.41) is 6.48. The van der Waals surface area contributed by atoms with Crippen LogP contribution in [0.5, 0.6) is 5.75 Å². The van der Waals surface area contributed by atoms with Crippen molar-refractivity contribution in [1.82, 2.24) is 4.57 Å². The monoisotopic (exact) mass is 1110 g/mol. The lowest BCUT2D eigenvalue weighted by atomic mass is 9.82. The predicted octanol–water partition coefficient (Wildman–Crippen LogP) is 22.5. The van der Waals surface area contributed by atoms with E-state index in [4.69, 9.17) is 4.74 Å². The molecule has 2 nitrogen and oxygen atoms in total. The number of hydrogen-bond donors (Lipinski definition) is 0. The molecule has 1 aromatic heterocycles. The molecule has 0 spiro atoms. The Morgan fingerprint density at radius 1 is 0.605 bits per heavy atom. The standard InChI is InChI=1S/C67H49NO.C17H20/c1-44-17-14-30-64-65(44)62-42-52(56-29-16-28-55-51-23-6-2-3-11-25-54(41-51)69-67(55)56)35-38-63(62)68(64)53-36-37-58-60(40-45-18-15-24-50(39-45)47-21-9-5-10-22-47)57-26-12-13-27-59(57)66(61(58)43-53)49-33-31-48(32-34-49)46-19-7-4-8-20-46;1-6-7-10-14(4)16-11-8-9-12-17(16)15(5)13(2)3/h4-10,12-16,19-24,26-39,42-45H,2,17-18,25,40H2,1H3;6-9,11-12H,2,4-5,10H2,1,3H3/b23-6-;7-6-. The van der Waals surface area contributed by atoms with Gasteiger partial charge in [0.05, 0.1) is 11.9 Å². The van der Waals surface area contributed by atoms with Crippen LogP contribution in [0, 0.1) is 17.8 Å². The summed E-state index contributed by atoms with van der Waals surface area (Å²) >= 11 is 0. The predicted molar refractivity (Wildman–Crippen MR) is 368 cm³/mol. The minimum Gasteiger partial charge on any atom is -0.451 e. The van der Waals surface area contributed by atoms with Gasteiger partial charge in [-0.15, -0.1) is 0 Å². The maximum Gasteiger partial charge on any atom is 0.159 e. The highest BCUT2D eigenvalue weighted by molar-refractivity contribution is 6.16. The maximum absolute atomic E-state index is 6.66. The van der Waals surface area contributed by atoms with Gasteiger partial charge < -0.3 is 9.30 Å². The molecule has 86 heavy (non-hydrogen) atoms. The zero-order valence-corrected chi connectivity index (χ0v) is 49.5. The van der Waals surface area contributed by atoms with Crippen molar-refractivity contribution in [2.75, 3.05) is 0 Å². The van der Waals surface area contributed by atoms with Gasteiger partial charge in [-0.3, -0.25) is 0 Å². The van der Waals surface area contributed by atoms with Crippen molar-refractivity contribution in [1.29, 1.82) is 0 Å². The molecule has 416 valence electrons. The molecule has 3 aliphatic carbocycles. The fourth-order valence-electron chi connectivity index (χ4n) is 13.1. The van der Waals surface area contributed by atoms with Crippen LogP contribution in [0.4, 0.5) is 0 Å². The maximum atomic E-state index is 6.66. The van der Waals surface area contributed by atoms with E-state index in [2.05, 4.69) is 273 Å². The van der Waals surface area contributed by atoms with E-state index in [0.717, 1.165) is 88.2 Å². The molecule has 0 saturated carbocycles. The SMILES string of the molecule is C=C(C)C(=C)c1ccccc1C(=C)C/C=C\C.CC1CC=Cc2c1c1cc(-c3cccc4c3OC3=C=C4/C=C\CC#CC3)ccc1n2-c1ccc2c(CC3C=C(c4ccccc4)C=CC3)c3ccccc3c(-c3ccc(-c4ccccc4)cc3)c2c1. The zero-order chi connectivity index (χ0) is 58.7. The third-order valence-corrected chi connectivity index (χ3v) is 17.4. The molecule has 10 aromatic rings. The van der Waals surface area contributed by atoms with Crippen molar-refractivity contribution in [3.05, 3.63) is 313 Å². The Hall–Kier alpha value is -10.2. The van der Waals surface area contributed by atoms with Crippen molar-refractivity contribution in [2.45, 2.75) is 65.2 Å². The number of aromatic nitrogens is 1. The minimum atomic E-state index is 0.354. The van der Waals surface area contributed by atoms with E-state index in [-0.39, 0.29) is 0 Å². The summed E-state index contributed by atoms with van der Waals surface area (Å²) in [5.74, 6) is 8.89. The summed E-state index contributed by atoms with van der Waals surface area (Å²) in [7, 11) is 0. The Morgan fingerprint density at radius 3 is 2.08 bits per heavy atom. The molecule has 0 fully saturated rings. The molecule has 2 unspecified atom stereocenters. The highest BCUT2D eigenvalue weighted by Crippen LogP contribution is 2.47. The van der Waals surface area contributed by atoms with Crippen LogP contribution in [0.1, 0.15) is 97.9 Å². The van der Waals surface area contributed by atoms with E-state index in [0.29, 0.717) is 18.3 Å². The lowest BCUT2D eigenvalue weighted by Gasteiger charge is -2.23. The molecule has 0 amide bonds. The second kappa shape index (κ2) is 24.2. The molecule has 14 rings (SSSR count). The van der Waals surface area contributed by atoms with Crippen LogP contribution in [0.3, 0.4) is 0 Å². The quantitative estimate of drug-likeness (QED) is 0.0391. The summed E-state index contributed by atoms with van der Waals surface area (Å²) in [4.78, 5) is 0. The molecule has 0 radical (unpaired) electrons. The topological polar surface area (TPSA) is 14.2 Å². The van der Waals surface area contributed by atoms with Crippen molar-refractivity contribution >= 4 is 60.8 Å². The summed E-state index contributed by atoms with van der Waals surface area (Å²) in [5.41, 5.74) is 27.2. The van der Waals surface area contributed by atoms with Gasteiger partial charge in [0.1, 0.15) is 5.75 Å². The van der Waals surface area contributed by atoms with E-state index in [1.165, 1.54) is 93.9 Å². The van der Waals surface area contributed by atoms with Crippen LogP contribution in [0.2, 0.25) is 0 Å². The Labute approximate surface area is 507 Å². The van der Waals surface area contributed by atoms with Crippen LogP contribution < -0.4 is 4.74 Å². The number of fused-ring (bicyclic) bond motifs is 7. The van der Waals surface area contributed by atoms with Crippen LogP contribution in [-0.4, -0.2) is 4.57 Å². The molecule has 0 N–H and O–H groups in total. The highest BCUT2D eigenvalue weighted by atomic mass is 16.5. The second-order valence-electron chi connectivity index (χ2n) is 23.1. The number of ether oxygens (including phenoxy) is 1. The van der Waals surface area contributed by atoms with Gasteiger partial charge in [-0.2, -0.15) is 0 Å². The number of rotatable bonds is 12. The summed E-state index contributed by atoms with van der Waals surface area (Å²) in [6, 6.07) is 68.9. The molecule has 1 aliphatic heterocycles. The van der Waals surface area contributed by atoms with Gasteiger partial charge >= 0.3 is 0 Å². The van der Waals surface area contributed by atoms with E-state index in [9.17, 15) is 0 Å². The van der Waals surface area contributed by atoms with E-state index in [1.807, 2.05) is 32.1 Å². The van der Waals surface area contributed by atoms with Crippen LogP contribution in [0.15, 0.2) is 273 Å². The van der Waals surface area contributed by atoms with Crippen molar-refractivity contribution < 1.29 is 4.74 Å². The summed E-state index contributed by atoms with van der Waals surface area (Å²) in [6.07, 6.45) is 25.4. The first-order valence-electron chi connectivity index (χ1n) is 30.3. The Kier molecular flexibility index (Phi) is 15.5. The van der Waals surface area contributed by atoms with E-state index >= 15 is 0 Å². The normalized spacial score (nSPS) is 16.0. The fourth-order valence-corrected chi connectivity index (χ4v) is 13.1. The number of hydrogen-bond acceptors (Lipinski definition) is 1. The average Bonchev–Trinajstić information content (AvgIpc) is 1.41. The molecule has 2 atom stereocenters. The van der Waals surface area contributed by atoms with E-state index < -0.39 is 0 Å². The molecule has 0 saturated heterocycles. The lowest BCUT2D eigenvalue weighted by Crippen LogP contribution is -2.07. The number of benzene rings is 9. The van der Waals surface area contributed by atoms with E-state index in [1.54, 1.807) is 0 Å². The fraction of sp³-hybridized carbons (Fsp3) is 0.131. The molecular formula is C84H69NO. The molecule has 4 aliphatic rings. The first-order chi connectivity index (χ1) is 42.2. The minimum absolute atomic E-state index is 0.354. The lowest BCUT2D eigenvalue weighted by molar-refractivity contribution is 0.416. The average molecular weight is 1110 g/mol. The zero-order valence-electron chi connectivity index (χ0n) is 49.5. The molecule has 2 bridgehead atoms. The third-order valence-electron chi connectivity index (χ3n) is 17.4. The number of para-hydroxylation sites is 1. The van der Waals surface area contributed by atoms with Crippen molar-refractivity contribution in [3.8, 4) is 56.7 Å². The van der Waals surface area contributed by atoms with Gasteiger partial charge in [0, 0.05) is 39.9 Å². The Morgan fingerprint density at radius 2 is 1.29 bits per heavy atom.